The van der Waals surface area contributed by atoms with E-state index in [9.17, 15) is 8.42 Å². The number of anilines is 1. The first-order valence-corrected chi connectivity index (χ1v) is 14.1. The van der Waals surface area contributed by atoms with Crippen molar-refractivity contribution in [2.24, 2.45) is 7.05 Å². The molecule has 2 fully saturated rings. The molecule has 6 rings (SSSR count). The minimum atomic E-state index is -3.54. The third-order valence-corrected chi connectivity index (χ3v) is 9.40. The number of hydrogen-bond acceptors (Lipinski definition) is 5. The van der Waals surface area contributed by atoms with Gasteiger partial charge in [-0.1, -0.05) is 36.4 Å². The maximum absolute atomic E-state index is 12.6. The molecule has 1 N–H and O–H groups in total. The van der Waals surface area contributed by atoms with E-state index in [0.717, 1.165) is 12.8 Å². The van der Waals surface area contributed by atoms with E-state index in [4.69, 9.17) is 0 Å². The minimum absolute atomic E-state index is 0.0924. The average molecular weight is 492 g/mol. The summed E-state index contributed by atoms with van der Waals surface area (Å²) in [5.41, 5.74) is 5.55. The molecular formula is C27H33N5O2S. The Hall–Kier alpha value is -2.68. The van der Waals surface area contributed by atoms with Crippen LogP contribution in [-0.4, -0.2) is 61.4 Å². The van der Waals surface area contributed by atoms with Crippen LogP contribution in [0.3, 0.4) is 0 Å². The van der Waals surface area contributed by atoms with Gasteiger partial charge >= 0.3 is 0 Å². The molecule has 0 amide bonds. The van der Waals surface area contributed by atoms with Crippen LogP contribution < -0.4 is 9.62 Å². The zero-order chi connectivity index (χ0) is 24.0. The topological polar surface area (TPSA) is 70.5 Å². The number of fused-ring (bicyclic) bond motifs is 1. The molecule has 3 aromatic rings. The van der Waals surface area contributed by atoms with Gasteiger partial charge in [0.1, 0.15) is 4.90 Å². The highest BCUT2D eigenvalue weighted by atomic mass is 32.2. The van der Waals surface area contributed by atoms with Crippen molar-refractivity contribution < 1.29 is 8.42 Å². The fourth-order valence-corrected chi connectivity index (χ4v) is 7.08. The SMILES string of the molecule is Cn1cc(S(=O)(=O)NC2CN(c3ccc4c(c3)[C@@H](Cc3ccccc3)[C@@H](N3CCC3)CC4)C2)cn1. The summed E-state index contributed by atoms with van der Waals surface area (Å²) in [6, 6.07) is 18.3. The molecule has 2 aliphatic heterocycles. The molecule has 0 spiro atoms. The number of rotatable bonds is 7. The largest absolute Gasteiger partial charge is 0.368 e. The summed E-state index contributed by atoms with van der Waals surface area (Å²) in [5, 5.41) is 3.99. The average Bonchev–Trinajstić information content (AvgIpc) is 3.24. The van der Waals surface area contributed by atoms with Gasteiger partial charge in [0, 0.05) is 44.0 Å². The van der Waals surface area contributed by atoms with Gasteiger partial charge in [0.2, 0.25) is 10.0 Å². The number of benzene rings is 2. The van der Waals surface area contributed by atoms with E-state index in [1.165, 1.54) is 65.4 Å². The molecular weight excluding hydrogens is 458 g/mol. The van der Waals surface area contributed by atoms with E-state index in [2.05, 4.69) is 68.2 Å². The summed E-state index contributed by atoms with van der Waals surface area (Å²) >= 11 is 0. The molecule has 0 unspecified atom stereocenters. The van der Waals surface area contributed by atoms with Crippen LogP contribution in [0.25, 0.3) is 0 Å². The van der Waals surface area contributed by atoms with Crippen LogP contribution in [0.15, 0.2) is 65.8 Å². The molecule has 1 aromatic heterocycles. The van der Waals surface area contributed by atoms with Crippen LogP contribution in [0.5, 0.6) is 0 Å². The Labute approximate surface area is 207 Å². The van der Waals surface area contributed by atoms with Gasteiger partial charge in [-0.2, -0.15) is 5.10 Å². The van der Waals surface area contributed by atoms with E-state index in [1.807, 2.05) is 0 Å². The second-order valence-electron chi connectivity index (χ2n) is 10.2. The van der Waals surface area contributed by atoms with Gasteiger partial charge in [-0.25, -0.2) is 13.1 Å². The van der Waals surface area contributed by atoms with Crippen LogP contribution in [0.4, 0.5) is 5.69 Å². The first-order valence-electron chi connectivity index (χ1n) is 12.6. The summed E-state index contributed by atoms with van der Waals surface area (Å²) in [4.78, 5) is 5.17. The van der Waals surface area contributed by atoms with Crippen LogP contribution >= 0.6 is 0 Å². The molecule has 8 heteroatoms. The Balaban J connectivity index is 1.19. The van der Waals surface area contributed by atoms with Crippen LogP contribution in [0, 0.1) is 0 Å². The number of sulfonamides is 1. The van der Waals surface area contributed by atoms with Gasteiger partial charge in [-0.05, 0) is 67.6 Å². The Bertz CT molecular complexity index is 1300. The molecule has 0 radical (unpaired) electrons. The Morgan fingerprint density at radius 1 is 1.09 bits per heavy atom. The second-order valence-corrected chi connectivity index (χ2v) is 12.0. The Morgan fingerprint density at radius 2 is 1.89 bits per heavy atom. The zero-order valence-electron chi connectivity index (χ0n) is 20.2. The fraction of sp³-hybridized carbons (Fsp3) is 0.444. The lowest BCUT2D eigenvalue weighted by molar-refractivity contribution is 0.0877. The molecule has 3 heterocycles. The molecule has 2 saturated heterocycles. The number of hydrogen-bond donors (Lipinski definition) is 1. The number of nitrogens with one attached hydrogen (secondary N) is 1. The van der Waals surface area contributed by atoms with Gasteiger partial charge in [-0.3, -0.25) is 9.58 Å². The van der Waals surface area contributed by atoms with Crippen LogP contribution in [0.2, 0.25) is 0 Å². The van der Waals surface area contributed by atoms with Crippen molar-refractivity contribution in [2.75, 3.05) is 31.1 Å². The molecule has 35 heavy (non-hydrogen) atoms. The van der Waals surface area contributed by atoms with Gasteiger partial charge in [0.15, 0.2) is 0 Å². The summed E-state index contributed by atoms with van der Waals surface area (Å²) in [7, 11) is -1.82. The maximum atomic E-state index is 12.6. The smallest absolute Gasteiger partial charge is 0.244 e. The summed E-state index contributed by atoms with van der Waals surface area (Å²) in [5.74, 6) is 0.488. The maximum Gasteiger partial charge on any atom is 0.244 e. The lowest BCUT2D eigenvalue weighted by Gasteiger charge is -2.46. The van der Waals surface area contributed by atoms with Crippen molar-refractivity contribution in [1.29, 1.82) is 0 Å². The van der Waals surface area contributed by atoms with E-state index < -0.39 is 10.0 Å². The highest BCUT2D eigenvalue weighted by Crippen LogP contribution is 2.40. The normalized spacial score (nSPS) is 22.9. The predicted molar refractivity (Wildman–Crippen MR) is 137 cm³/mol. The second kappa shape index (κ2) is 9.08. The van der Waals surface area contributed by atoms with Gasteiger partial charge < -0.3 is 4.90 Å². The lowest BCUT2D eigenvalue weighted by atomic mass is 9.74. The van der Waals surface area contributed by atoms with Gasteiger partial charge in [0.05, 0.1) is 12.2 Å². The predicted octanol–water partition coefficient (Wildman–Crippen LogP) is 2.93. The minimum Gasteiger partial charge on any atom is -0.368 e. The van der Waals surface area contributed by atoms with Crippen molar-refractivity contribution in [3.8, 4) is 0 Å². The number of nitrogens with zero attached hydrogens (tertiary/aromatic N) is 4. The molecule has 0 saturated carbocycles. The fourth-order valence-electron chi connectivity index (χ4n) is 5.88. The zero-order valence-corrected chi connectivity index (χ0v) is 21.0. The van der Waals surface area contributed by atoms with E-state index in [1.54, 1.807) is 7.05 Å². The van der Waals surface area contributed by atoms with Crippen LogP contribution in [0.1, 0.15) is 35.4 Å². The molecule has 2 atom stereocenters. The van der Waals surface area contributed by atoms with Crippen molar-refractivity contribution in [3.63, 3.8) is 0 Å². The molecule has 2 aromatic carbocycles. The van der Waals surface area contributed by atoms with Crippen LogP contribution in [-0.2, 0) is 29.9 Å². The number of aryl methyl sites for hydroxylation is 2. The Kier molecular flexibility index (Phi) is 5.90. The molecule has 3 aliphatic rings. The molecule has 0 bridgehead atoms. The highest BCUT2D eigenvalue weighted by molar-refractivity contribution is 7.89. The van der Waals surface area contributed by atoms with Crippen molar-refractivity contribution in [1.82, 2.24) is 19.4 Å². The monoisotopic (exact) mass is 491 g/mol. The van der Waals surface area contributed by atoms with E-state index in [0.29, 0.717) is 25.0 Å². The molecule has 184 valence electrons. The Morgan fingerprint density at radius 3 is 2.57 bits per heavy atom. The lowest BCUT2D eigenvalue weighted by Crippen LogP contribution is -2.59. The standard InChI is InChI=1S/C27H33N5O2S/c1-30-19-24(16-28-30)35(33,34)29-22-17-32(18-22)23-10-8-21-9-11-27(31-12-5-13-31)26(25(21)15-23)14-20-6-3-2-4-7-20/h2-4,6-8,10,15-16,19,22,26-27,29H,5,9,11-14,17-18H2,1H3/t26-,27+/m1/s1. The van der Waals surface area contributed by atoms with E-state index in [-0.39, 0.29) is 10.9 Å². The summed E-state index contributed by atoms with van der Waals surface area (Å²) < 4.78 is 29.6. The summed E-state index contributed by atoms with van der Waals surface area (Å²) in [6.45, 7) is 3.79. The number of aromatic nitrogens is 2. The molecule has 7 nitrogen and oxygen atoms in total. The van der Waals surface area contributed by atoms with Gasteiger partial charge in [-0.15, -0.1) is 0 Å². The van der Waals surface area contributed by atoms with Crippen molar-refractivity contribution in [3.05, 3.63) is 77.6 Å². The third-order valence-electron chi connectivity index (χ3n) is 7.92. The van der Waals surface area contributed by atoms with Crippen molar-refractivity contribution >= 4 is 15.7 Å². The highest BCUT2D eigenvalue weighted by Gasteiger charge is 2.37. The quantitative estimate of drug-likeness (QED) is 0.550. The first-order chi connectivity index (χ1) is 17.0. The van der Waals surface area contributed by atoms with E-state index >= 15 is 0 Å². The number of likely N-dealkylation sites (tertiary alicyclic amines) is 1. The molecule has 1 aliphatic carbocycles. The first kappa shape index (κ1) is 22.8. The van der Waals surface area contributed by atoms with Gasteiger partial charge in [0.25, 0.3) is 0 Å². The summed E-state index contributed by atoms with van der Waals surface area (Å²) in [6.07, 6.45) is 7.66. The third kappa shape index (κ3) is 4.50. The van der Waals surface area contributed by atoms with Crippen molar-refractivity contribution in [2.45, 2.75) is 48.6 Å².